The predicted molar refractivity (Wildman–Crippen MR) is 67.9 cm³/mol. The average Bonchev–Trinajstić information content (AvgIpc) is 2.39. The Morgan fingerprint density at radius 3 is 2.28 bits per heavy atom. The molecule has 6 nitrogen and oxygen atoms in total. The van der Waals surface area contributed by atoms with Crippen molar-refractivity contribution in [3.8, 4) is 0 Å². The summed E-state index contributed by atoms with van der Waals surface area (Å²) in [5, 5.41) is 0.0461. The van der Waals surface area contributed by atoms with Crippen LogP contribution in [0.2, 0.25) is 5.28 Å². The maximum absolute atomic E-state index is 12.3. The van der Waals surface area contributed by atoms with E-state index >= 15 is 0 Å². The van der Waals surface area contributed by atoms with Gasteiger partial charge < -0.3 is 4.90 Å². The number of hydrogen-bond acceptors (Lipinski definition) is 5. The lowest BCUT2D eigenvalue weighted by atomic mass is 10.4. The normalized spacial score (nSPS) is 19.0. The highest BCUT2D eigenvalue weighted by atomic mass is 35.5. The quantitative estimate of drug-likeness (QED) is 0.757. The van der Waals surface area contributed by atoms with Crippen molar-refractivity contribution in [2.75, 3.05) is 32.7 Å². The lowest BCUT2D eigenvalue weighted by molar-refractivity contribution is 0.196. The third-order valence-corrected chi connectivity index (χ3v) is 5.06. The average molecular weight is 291 g/mol. The van der Waals surface area contributed by atoms with Crippen LogP contribution in [0.15, 0.2) is 17.3 Å². The van der Waals surface area contributed by atoms with E-state index in [0.717, 1.165) is 19.6 Å². The molecule has 100 valence electrons. The van der Waals surface area contributed by atoms with Gasteiger partial charge in [0.2, 0.25) is 15.3 Å². The Bertz CT molecular complexity index is 497. The molecule has 0 spiro atoms. The van der Waals surface area contributed by atoms with Gasteiger partial charge in [-0.25, -0.2) is 18.4 Å². The summed E-state index contributed by atoms with van der Waals surface area (Å²) < 4.78 is 26.0. The van der Waals surface area contributed by atoms with Crippen molar-refractivity contribution in [3.63, 3.8) is 0 Å². The van der Waals surface area contributed by atoms with Crippen molar-refractivity contribution in [2.24, 2.45) is 0 Å². The predicted octanol–water partition coefficient (Wildman–Crippen LogP) is 0.456. The molecule has 1 aliphatic rings. The maximum atomic E-state index is 12.3. The molecule has 1 aromatic heterocycles. The molecule has 0 saturated carbocycles. The molecule has 2 heterocycles. The molecular formula is C10H15ClN4O2S. The molecule has 0 aliphatic carbocycles. The molecule has 0 bridgehead atoms. The molecule has 0 amide bonds. The summed E-state index contributed by atoms with van der Waals surface area (Å²) >= 11 is 5.55. The van der Waals surface area contributed by atoms with E-state index < -0.39 is 10.0 Å². The first kappa shape index (κ1) is 13.7. The molecule has 18 heavy (non-hydrogen) atoms. The monoisotopic (exact) mass is 290 g/mol. The Balaban J connectivity index is 2.15. The molecule has 0 aromatic carbocycles. The maximum Gasteiger partial charge on any atom is 0.246 e. The first-order valence-electron chi connectivity index (χ1n) is 5.74. The van der Waals surface area contributed by atoms with Crippen molar-refractivity contribution in [1.82, 2.24) is 19.2 Å². The van der Waals surface area contributed by atoms with Gasteiger partial charge in [0.1, 0.15) is 4.90 Å². The van der Waals surface area contributed by atoms with Gasteiger partial charge in [-0.05, 0) is 18.1 Å². The van der Waals surface area contributed by atoms with Gasteiger partial charge in [-0.15, -0.1) is 0 Å². The van der Waals surface area contributed by atoms with E-state index in [1.165, 1.54) is 16.7 Å². The number of sulfonamides is 1. The van der Waals surface area contributed by atoms with Crippen LogP contribution in [0.3, 0.4) is 0 Å². The molecule has 1 fully saturated rings. The van der Waals surface area contributed by atoms with Crippen LogP contribution in [0.4, 0.5) is 0 Å². The number of rotatable bonds is 3. The van der Waals surface area contributed by atoms with Crippen LogP contribution < -0.4 is 0 Å². The lowest BCUT2D eigenvalue weighted by Gasteiger charge is -2.33. The molecule has 0 radical (unpaired) electrons. The number of piperazine rings is 1. The van der Waals surface area contributed by atoms with E-state index in [1.54, 1.807) is 0 Å². The number of hydrogen-bond donors (Lipinski definition) is 0. The van der Waals surface area contributed by atoms with Gasteiger partial charge in [0.25, 0.3) is 0 Å². The van der Waals surface area contributed by atoms with Crippen LogP contribution in [0.5, 0.6) is 0 Å². The fourth-order valence-electron chi connectivity index (χ4n) is 1.87. The summed E-state index contributed by atoms with van der Waals surface area (Å²) in [5.74, 6) is 0. The van der Waals surface area contributed by atoms with Gasteiger partial charge in [0, 0.05) is 26.2 Å². The summed E-state index contributed by atoms with van der Waals surface area (Å²) in [4.78, 5) is 9.73. The topological polar surface area (TPSA) is 66.4 Å². The van der Waals surface area contributed by atoms with Crippen molar-refractivity contribution >= 4 is 21.6 Å². The minimum atomic E-state index is -3.49. The largest absolute Gasteiger partial charge is 0.301 e. The number of nitrogens with zero attached hydrogens (tertiary/aromatic N) is 4. The minimum absolute atomic E-state index is 0.0461. The van der Waals surface area contributed by atoms with Crippen LogP contribution in [0.25, 0.3) is 0 Å². The molecule has 1 aliphatic heterocycles. The van der Waals surface area contributed by atoms with E-state index in [2.05, 4.69) is 21.8 Å². The summed E-state index contributed by atoms with van der Waals surface area (Å²) in [6.07, 6.45) is 2.49. The molecule has 0 unspecified atom stereocenters. The van der Waals surface area contributed by atoms with Gasteiger partial charge in [-0.1, -0.05) is 6.92 Å². The molecule has 0 N–H and O–H groups in total. The van der Waals surface area contributed by atoms with E-state index in [9.17, 15) is 8.42 Å². The SMILES string of the molecule is CCN1CCN(S(=O)(=O)c2cnc(Cl)nc2)CC1. The van der Waals surface area contributed by atoms with Gasteiger partial charge in [-0.3, -0.25) is 0 Å². The Hall–Kier alpha value is -0.760. The third-order valence-electron chi connectivity index (χ3n) is 3.01. The zero-order valence-electron chi connectivity index (χ0n) is 10.1. The van der Waals surface area contributed by atoms with Crippen molar-refractivity contribution in [3.05, 3.63) is 17.7 Å². The molecule has 1 aromatic rings. The lowest BCUT2D eigenvalue weighted by Crippen LogP contribution is -2.48. The van der Waals surface area contributed by atoms with E-state index in [4.69, 9.17) is 11.6 Å². The van der Waals surface area contributed by atoms with E-state index in [-0.39, 0.29) is 10.2 Å². The highest BCUT2D eigenvalue weighted by Gasteiger charge is 2.28. The molecule has 8 heteroatoms. The summed E-state index contributed by atoms with van der Waals surface area (Å²) in [6.45, 7) is 5.51. The number of aromatic nitrogens is 2. The van der Waals surface area contributed by atoms with Crippen molar-refractivity contribution in [1.29, 1.82) is 0 Å². The second-order valence-electron chi connectivity index (χ2n) is 4.03. The Morgan fingerprint density at radius 1 is 1.22 bits per heavy atom. The number of halogens is 1. The Kier molecular flexibility index (Phi) is 4.16. The van der Waals surface area contributed by atoms with Gasteiger partial charge in [0.15, 0.2) is 0 Å². The van der Waals surface area contributed by atoms with Crippen LogP contribution in [-0.4, -0.2) is 60.3 Å². The van der Waals surface area contributed by atoms with Crippen LogP contribution in [0, 0.1) is 0 Å². The number of likely N-dealkylation sites (N-methyl/N-ethyl adjacent to an activating group) is 1. The van der Waals surface area contributed by atoms with Gasteiger partial charge >= 0.3 is 0 Å². The van der Waals surface area contributed by atoms with Crippen molar-refractivity contribution in [2.45, 2.75) is 11.8 Å². The van der Waals surface area contributed by atoms with Gasteiger partial charge in [0.05, 0.1) is 12.4 Å². The highest BCUT2D eigenvalue weighted by molar-refractivity contribution is 7.89. The van der Waals surface area contributed by atoms with Gasteiger partial charge in [-0.2, -0.15) is 4.31 Å². The molecule has 0 atom stereocenters. The zero-order valence-corrected chi connectivity index (χ0v) is 11.7. The zero-order chi connectivity index (χ0) is 13.2. The highest BCUT2D eigenvalue weighted by Crippen LogP contribution is 2.16. The molecular weight excluding hydrogens is 276 g/mol. The third kappa shape index (κ3) is 2.80. The first-order chi connectivity index (χ1) is 8.54. The second kappa shape index (κ2) is 5.48. The smallest absolute Gasteiger partial charge is 0.246 e. The standard InChI is InChI=1S/C10H15ClN4O2S/c1-2-14-3-5-15(6-4-14)18(16,17)9-7-12-10(11)13-8-9/h7-8H,2-6H2,1H3. The summed E-state index contributed by atoms with van der Waals surface area (Å²) in [6, 6.07) is 0. The summed E-state index contributed by atoms with van der Waals surface area (Å²) in [7, 11) is -3.49. The first-order valence-corrected chi connectivity index (χ1v) is 7.56. The van der Waals surface area contributed by atoms with Crippen LogP contribution in [-0.2, 0) is 10.0 Å². The molecule has 1 saturated heterocycles. The minimum Gasteiger partial charge on any atom is -0.301 e. The fraction of sp³-hybridized carbons (Fsp3) is 0.600. The van der Waals surface area contributed by atoms with E-state index in [0.29, 0.717) is 13.1 Å². The second-order valence-corrected chi connectivity index (χ2v) is 6.30. The van der Waals surface area contributed by atoms with Crippen LogP contribution >= 0.6 is 11.6 Å². The Labute approximate surface area is 112 Å². The Morgan fingerprint density at radius 2 is 1.78 bits per heavy atom. The van der Waals surface area contributed by atoms with Crippen LogP contribution in [0.1, 0.15) is 6.92 Å². The van der Waals surface area contributed by atoms with E-state index in [1.807, 2.05) is 0 Å². The molecule has 2 rings (SSSR count). The summed E-state index contributed by atoms with van der Waals surface area (Å²) in [5.41, 5.74) is 0. The fourth-order valence-corrected chi connectivity index (χ4v) is 3.28. The van der Waals surface area contributed by atoms with Crippen molar-refractivity contribution < 1.29 is 8.42 Å².